The van der Waals surface area contributed by atoms with Crippen molar-refractivity contribution < 1.29 is 19.4 Å². The van der Waals surface area contributed by atoms with Crippen molar-refractivity contribution in [2.45, 2.75) is 52.4 Å². The van der Waals surface area contributed by atoms with E-state index < -0.39 is 11.6 Å². The van der Waals surface area contributed by atoms with Crippen LogP contribution in [0.3, 0.4) is 0 Å². The average Bonchev–Trinajstić information content (AvgIpc) is 3.13. The molecule has 1 atom stereocenters. The van der Waals surface area contributed by atoms with Crippen molar-refractivity contribution in [1.82, 2.24) is 9.55 Å². The molecule has 7 nitrogen and oxygen atoms in total. The summed E-state index contributed by atoms with van der Waals surface area (Å²) in [6.07, 6.45) is 1.09. The van der Waals surface area contributed by atoms with Crippen LogP contribution in [0.5, 0.6) is 5.75 Å². The van der Waals surface area contributed by atoms with Gasteiger partial charge in [-0.3, -0.25) is 4.79 Å². The Kier molecular flexibility index (Phi) is 4.64. The fraction of sp³-hybridized carbons (Fsp3) is 0.400. The van der Waals surface area contributed by atoms with Crippen molar-refractivity contribution in [2.75, 3.05) is 7.11 Å². The molecule has 3 aromatic rings. The number of carbonyl (C=O) groups is 1. The molecule has 0 amide bonds. The van der Waals surface area contributed by atoms with Gasteiger partial charge in [-0.05, 0) is 43.0 Å². The van der Waals surface area contributed by atoms with E-state index in [9.17, 15) is 14.7 Å². The molecule has 2 aliphatic rings. The van der Waals surface area contributed by atoms with Crippen molar-refractivity contribution in [3.63, 3.8) is 0 Å². The summed E-state index contributed by atoms with van der Waals surface area (Å²) in [7, 11) is 1.47. The van der Waals surface area contributed by atoms with E-state index >= 15 is 0 Å². The second-order valence-corrected chi connectivity index (χ2v) is 9.00. The van der Waals surface area contributed by atoms with Gasteiger partial charge in [-0.25, -0.2) is 9.78 Å². The number of hydrogen-bond donors (Lipinski definition) is 1. The summed E-state index contributed by atoms with van der Waals surface area (Å²) in [5.41, 5.74) is 3.49. The molecule has 5 rings (SSSR count). The monoisotopic (exact) mass is 434 g/mol. The van der Waals surface area contributed by atoms with Crippen molar-refractivity contribution in [3.05, 3.63) is 56.9 Å². The van der Waals surface area contributed by atoms with Gasteiger partial charge in [0.25, 0.3) is 5.56 Å². The predicted octanol–water partition coefficient (Wildman–Crippen LogP) is 3.64. The highest BCUT2D eigenvalue weighted by Crippen LogP contribution is 2.41. The summed E-state index contributed by atoms with van der Waals surface area (Å²) < 4.78 is 12.6. The lowest BCUT2D eigenvalue weighted by Gasteiger charge is -2.35. The first-order valence-corrected chi connectivity index (χ1v) is 10.9. The minimum Gasteiger partial charge on any atom is -0.508 e. The minimum absolute atomic E-state index is 0.0590. The maximum atomic E-state index is 13.4. The van der Waals surface area contributed by atoms with Crippen LogP contribution in [0.4, 0.5) is 0 Å². The van der Waals surface area contributed by atoms with E-state index in [0.717, 1.165) is 34.1 Å². The third-order valence-corrected chi connectivity index (χ3v) is 6.71. The van der Waals surface area contributed by atoms with E-state index in [1.807, 2.05) is 19.1 Å². The number of rotatable bonds is 4. The standard InChI is InChI=1S/C25H26N2O5/c1-5-25(31-4)18-10-20-22-14(11-27(20)23(29)17(18)12-32-24(25)30)9-15-16(8-13(2)3)21(28)7-6-19(15)26-22/h6-7,9-10,13,28H,5,8,11-12H2,1-4H3. The molecule has 1 N–H and O–H groups in total. The van der Waals surface area contributed by atoms with Gasteiger partial charge < -0.3 is 19.1 Å². The Balaban J connectivity index is 1.75. The molecule has 166 valence electrons. The maximum Gasteiger partial charge on any atom is 0.343 e. The predicted molar refractivity (Wildman–Crippen MR) is 120 cm³/mol. The number of phenolic OH excluding ortho intramolecular Hbond substituents is 1. The molecule has 0 saturated carbocycles. The Hall–Kier alpha value is -3.19. The van der Waals surface area contributed by atoms with Crippen LogP contribution in [0, 0.1) is 5.92 Å². The van der Waals surface area contributed by atoms with Gasteiger partial charge in [0.1, 0.15) is 12.4 Å². The van der Waals surface area contributed by atoms with Crippen LogP contribution in [-0.2, 0) is 39.4 Å². The summed E-state index contributed by atoms with van der Waals surface area (Å²) in [5, 5.41) is 11.4. The first kappa shape index (κ1) is 20.7. The van der Waals surface area contributed by atoms with Crippen LogP contribution in [-0.4, -0.2) is 27.7 Å². The fourth-order valence-corrected chi connectivity index (χ4v) is 5.05. The summed E-state index contributed by atoms with van der Waals surface area (Å²) in [4.78, 5) is 30.9. The van der Waals surface area contributed by atoms with Crippen molar-refractivity contribution in [1.29, 1.82) is 0 Å². The highest BCUT2D eigenvalue weighted by molar-refractivity contribution is 5.89. The fourth-order valence-electron chi connectivity index (χ4n) is 5.05. The highest BCUT2D eigenvalue weighted by Gasteiger charge is 2.47. The zero-order valence-corrected chi connectivity index (χ0v) is 18.7. The van der Waals surface area contributed by atoms with Crippen LogP contribution in [0.1, 0.15) is 49.4 Å². The number of aromatic nitrogens is 2. The SMILES string of the molecule is CCC1(OC)C(=O)OCc2c1cc1n(c2=O)Cc2cc3c(CC(C)C)c(O)ccc3nc2-1. The average molecular weight is 434 g/mol. The summed E-state index contributed by atoms with van der Waals surface area (Å²) in [5.74, 6) is 0.164. The zero-order valence-electron chi connectivity index (χ0n) is 18.7. The van der Waals surface area contributed by atoms with E-state index in [-0.39, 0.29) is 17.9 Å². The Morgan fingerprint density at radius 1 is 1.28 bits per heavy atom. The minimum atomic E-state index is -1.29. The molecule has 7 heteroatoms. The third-order valence-electron chi connectivity index (χ3n) is 6.71. The molecule has 1 aromatic carbocycles. The summed E-state index contributed by atoms with van der Waals surface area (Å²) in [6.45, 7) is 6.39. The van der Waals surface area contributed by atoms with Crippen LogP contribution >= 0.6 is 0 Å². The molecular weight excluding hydrogens is 408 g/mol. The van der Waals surface area contributed by atoms with E-state index in [0.29, 0.717) is 35.7 Å². The molecule has 0 spiro atoms. The van der Waals surface area contributed by atoms with Gasteiger partial charge in [0.05, 0.1) is 29.0 Å². The molecular formula is C25H26N2O5. The first-order chi connectivity index (χ1) is 15.3. The van der Waals surface area contributed by atoms with E-state index in [1.54, 1.807) is 16.7 Å². The van der Waals surface area contributed by atoms with Crippen LogP contribution in [0.25, 0.3) is 22.3 Å². The van der Waals surface area contributed by atoms with Gasteiger partial charge in [0.15, 0.2) is 5.60 Å². The lowest BCUT2D eigenvalue weighted by molar-refractivity contribution is -0.176. The second-order valence-electron chi connectivity index (χ2n) is 9.00. The number of ether oxygens (including phenoxy) is 2. The molecule has 2 aliphatic heterocycles. The quantitative estimate of drug-likeness (QED) is 0.493. The smallest absolute Gasteiger partial charge is 0.343 e. The molecule has 0 radical (unpaired) electrons. The third kappa shape index (κ3) is 2.73. The van der Waals surface area contributed by atoms with Crippen LogP contribution in [0.15, 0.2) is 29.1 Å². The Bertz CT molecular complexity index is 1330. The zero-order chi connectivity index (χ0) is 22.8. The molecule has 0 saturated heterocycles. The molecule has 1 unspecified atom stereocenters. The van der Waals surface area contributed by atoms with Crippen LogP contribution in [0.2, 0.25) is 0 Å². The molecule has 0 aliphatic carbocycles. The number of pyridine rings is 2. The molecule has 2 aromatic heterocycles. The second kappa shape index (κ2) is 7.17. The lowest BCUT2D eigenvalue weighted by Crippen LogP contribution is -2.45. The number of aromatic hydroxyl groups is 1. The number of fused-ring (bicyclic) bond motifs is 5. The van der Waals surface area contributed by atoms with Gasteiger partial charge in [0, 0.05) is 29.2 Å². The molecule has 32 heavy (non-hydrogen) atoms. The van der Waals surface area contributed by atoms with E-state index in [2.05, 4.69) is 13.8 Å². The number of carbonyl (C=O) groups excluding carboxylic acids is 1. The Labute approximate surface area is 185 Å². The number of cyclic esters (lactones) is 1. The van der Waals surface area contributed by atoms with Gasteiger partial charge in [-0.15, -0.1) is 0 Å². The molecule has 4 heterocycles. The number of benzene rings is 1. The van der Waals surface area contributed by atoms with E-state index in [4.69, 9.17) is 14.5 Å². The van der Waals surface area contributed by atoms with Crippen molar-refractivity contribution in [3.8, 4) is 17.1 Å². The first-order valence-electron chi connectivity index (χ1n) is 10.9. The molecule has 0 bridgehead atoms. The summed E-state index contributed by atoms with van der Waals surface area (Å²) in [6, 6.07) is 7.38. The normalized spacial score (nSPS) is 19.1. The van der Waals surface area contributed by atoms with Crippen molar-refractivity contribution >= 4 is 16.9 Å². The number of hydrogen-bond acceptors (Lipinski definition) is 6. The largest absolute Gasteiger partial charge is 0.508 e. The molecule has 0 fully saturated rings. The number of methoxy groups -OCH3 is 1. The Morgan fingerprint density at radius 3 is 2.75 bits per heavy atom. The topological polar surface area (TPSA) is 90.7 Å². The lowest BCUT2D eigenvalue weighted by atomic mass is 9.85. The van der Waals surface area contributed by atoms with Gasteiger partial charge >= 0.3 is 5.97 Å². The highest BCUT2D eigenvalue weighted by atomic mass is 16.6. The number of phenols is 1. The van der Waals surface area contributed by atoms with Gasteiger partial charge in [0.2, 0.25) is 0 Å². The number of nitrogens with zero attached hydrogens (tertiary/aromatic N) is 2. The van der Waals surface area contributed by atoms with Gasteiger partial charge in [-0.2, -0.15) is 0 Å². The van der Waals surface area contributed by atoms with Crippen LogP contribution < -0.4 is 5.56 Å². The van der Waals surface area contributed by atoms with Gasteiger partial charge in [-0.1, -0.05) is 20.8 Å². The maximum absolute atomic E-state index is 13.4. The summed E-state index contributed by atoms with van der Waals surface area (Å²) >= 11 is 0. The Morgan fingerprint density at radius 2 is 2.06 bits per heavy atom. The van der Waals surface area contributed by atoms with E-state index in [1.165, 1.54) is 7.11 Å². The number of esters is 1. The van der Waals surface area contributed by atoms with Crippen molar-refractivity contribution in [2.24, 2.45) is 5.92 Å².